The van der Waals surface area contributed by atoms with E-state index in [-0.39, 0.29) is 16.7 Å². The fraction of sp³-hybridized carbons (Fsp3) is 0.0690. The Morgan fingerprint density at radius 1 is 1.00 bits per heavy atom. The average molecular weight is 554 g/mol. The molecule has 6 rings (SSSR count). The summed E-state index contributed by atoms with van der Waals surface area (Å²) >= 11 is 1.17. The number of hydrogen-bond acceptors (Lipinski definition) is 6. The molecule has 0 aliphatic heterocycles. The van der Waals surface area contributed by atoms with E-state index in [0.29, 0.717) is 22.5 Å². The van der Waals surface area contributed by atoms with E-state index in [2.05, 4.69) is 20.3 Å². The van der Waals surface area contributed by atoms with Crippen molar-refractivity contribution in [3.63, 3.8) is 0 Å². The lowest BCUT2D eigenvalue weighted by atomic mass is 9.96. The molecule has 39 heavy (non-hydrogen) atoms. The Labute approximate surface area is 229 Å². The molecule has 8 nitrogen and oxygen atoms in total. The smallest absolute Gasteiger partial charge is 0.273 e. The van der Waals surface area contributed by atoms with Crippen LogP contribution in [0.15, 0.2) is 101 Å². The van der Waals surface area contributed by atoms with E-state index < -0.39 is 10.0 Å². The molecule has 0 bridgehead atoms. The van der Waals surface area contributed by atoms with Crippen molar-refractivity contribution < 1.29 is 13.2 Å². The zero-order valence-electron chi connectivity index (χ0n) is 20.8. The van der Waals surface area contributed by atoms with Crippen molar-refractivity contribution in [1.82, 2.24) is 20.3 Å². The van der Waals surface area contributed by atoms with Crippen molar-refractivity contribution in [1.29, 1.82) is 0 Å². The molecule has 2 N–H and O–H groups in total. The van der Waals surface area contributed by atoms with Crippen LogP contribution in [0.2, 0.25) is 0 Å². The number of carbonyl (C=O) groups is 1. The molecule has 0 aliphatic carbocycles. The van der Waals surface area contributed by atoms with E-state index >= 15 is 0 Å². The lowest BCUT2D eigenvalue weighted by molar-refractivity contribution is 0.0951. The van der Waals surface area contributed by atoms with E-state index in [1.165, 1.54) is 22.7 Å². The molecule has 0 unspecified atom stereocenters. The van der Waals surface area contributed by atoms with Gasteiger partial charge in [0, 0.05) is 41.3 Å². The molecule has 6 aromatic rings. The van der Waals surface area contributed by atoms with Crippen molar-refractivity contribution in [2.24, 2.45) is 0 Å². The Morgan fingerprint density at radius 3 is 2.56 bits per heavy atom. The van der Waals surface area contributed by atoms with Crippen molar-refractivity contribution >= 4 is 54.9 Å². The minimum atomic E-state index is -3.72. The van der Waals surface area contributed by atoms with Crippen molar-refractivity contribution in [2.45, 2.75) is 10.8 Å². The standard InChI is InChI=1S/C29H23N5O3S2/c1-34(39(36,37)25-11-7-15-38-25)21-12-13-24-22(16-21)27-26(19-8-3-2-4-9-19)23(18-31-28(27)33-24)29(35)32-17-20-10-5-6-14-30-20/h2-16,18H,17H2,1H3,(H,31,33)(H,32,35). The fourth-order valence-electron chi connectivity index (χ4n) is 4.57. The number of hydrogen-bond donors (Lipinski definition) is 2. The van der Waals surface area contributed by atoms with Gasteiger partial charge < -0.3 is 10.3 Å². The Kier molecular flexibility index (Phi) is 6.34. The minimum absolute atomic E-state index is 0.266. The van der Waals surface area contributed by atoms with Crippen LogP contribution in [-0.4, -0.2) is 36.3 Å². The highest BCUT2D eigenvalue weighted by Gasteiger charge is 2.24. The lowest BCUT2D eigenvalue weighted by Crippen LogP contribution is -2.25. The van der Waals surface area contributed by atoms with Gasteiger partial charge in [-0.3, -0.25) is 14.1 Å². The third-order valence-electron chi connectivity index (χ3n) is 6.54. The largest absolute Gasteiger partial charge is 0.346 e. The molecular formula is C29H23N5O3S2. The molecular weight excluding hydrogens is 530 g/mol. The number of aromatic amines is 1. The summed E-state index contributed by atoms with van der Waals surface area (Å²) in [4.78, 5) is 25.7. The maximum atomic E-state index is 13.5. The summed E-state index contributed by atoms with van der Waals surface area (Å²) in [7, 11) is -2.18. The van der Waals surface area contributed by atoms with Crippen LogP contribution in [-0.2, 0) is 16.6 Å². The molecule has 10 heteroatoms. The Morgan fingerprint density at radius 2 is 1.82 bits per heavy atom. The van der Waals surface area contributed by atoms with Crippen LogP contribution in [0.1, 0.15) is 16.1 Å². The predicted octanol–water partition coefficient (Wildman–Crippen LogP) is 5.59. The van der Waals surface area contributed by atoms with E-state index in [1.54, 1.807) is 36.0 Å². The second kappa shape index (κ2) is 9.97. The van der Waals surface area contributed by atoms with Gasteiger partial charge in [0.1, 0.15) is 9.86 Å². The third kappa shape index (κ3) is 4.53. The topological polar surface area (TPSA) is 108 Å². The van der Waals surface area contributed by atoms with Crippen LogP contribution in [0.5, 0.6) is 0 Å². The van der Waals surface area contributed by atoms with Gasteiger partial charge in [0.05, 0.1) is 23.5 Å². The van der Waals surface area contributed by atoms with Gasteiger partial charge >= 0.3 is 0 Å². The average Bonchev–Trinajstić information content (AvgIpc) is 3.65. The van der Waals surface area contributed by atoms with Gasteiger partial charge in [0.2, 0.25) is 0 Å². The van der Waals surface area contributed by atoms with Gasteiger partial charge in [-0.1, -0.05) is 42.5 Å². The summed E-state index contributed by atoms with van der Waals surface area (Å²) in [5, 5.41) is 6.20. The molecule has 1 amide bonds. The molecule has 0 saturated heterocycles. The van der Waals surface area contributed by atoms with E-state index in [0.717, 1.165) is 27.5 Å². The summed E-state index contributed by atoms with van der Waals surface area (Å²) in [5.41, 5.74) is 4.60. The number of pyridine rings is 2. The number of nitrogens with zero attached hydrogens (tertiary/aromatic N) is 3. The van der Waals surface area contributed by atoms with Crippen LogP contribution in [0.4, 0.5) is 5.69 Å². The van der Waals surface area contributed by atoms with E-state index in [4.69, 9.17) is 0 Å². The number of benzene rings is 2. The second-order valence-corrected chi connectivity index (χ2v) is 12.0. The highest BCUT2D eigenvalue weighted by molar-refractivity contribution is 7.94. The summed E-state index contributed by atoms with van der Waals surface area (Å²) in [6.45, 7) is 0.273. The molecule has 0 saturated carbocycles. The third-order valence-corrected chi connectivity index (χ3v) is 9.70. The predicted molar refractivity (Wildman–Crippen MR) is 154 cm³/mol. The molecule has 4 heterocycles. The summed E-state index contributed by atoms with van der Waals surface area (Å²) in [6, 6.07) is 23.9. The zero-order chi connectivity index (χ0) is 27.0. The number of carbonyl (C=O) groups excluding carboxylic acids is 1. The van der Waals surface area contributed by atoms with Gasteiger partial charge in [0.15, 0.2) is 0 Å². The number of anilines is 1. The van der Waals surface area contributed by atoms with Crippen LogP contribution < -0.4 is 9.62 Å². The van der Waals surface area contributed by atoms with Gasteiger partial charge in [-0.05, 0) is 47.3 Å². The number of nitrogens with one attached hydrogen (secondary N) is 2. The first-order valence-electron chi connectivity index (χ1n) is 12.1. The fourth-order valence-corrected chi connectivity index (χ4v) is 6.92. The maximum absolute atomic E-state index is 13.5. The molecule has 2 aromatic carbocycles. The number of aromatic nitrogens is 3. The molecule has 194 valence electrons. The van der Waals surface area contributed by atoms with Gasteiger partial charge in [0.25, 0.3) is 15.9 Å². The maximum Gasteiger partial charge on any atom is 0.273 e. The monoisotopic (exact) mass is 553 g/mol. The van der Waals surface area contributed by atoms with E-state index in [1.807, 2.05) is 60.7 Å². The quantitative estimate of drug-likeness (QED) is 0.268. The van der Waals surface area contributed by atoms with Gasteiger partial charge in [-0.25, -0.2) is 13.4 Å². The lowest BCUT2D eigenvalue weighted by Gasteiger charge is -2.18. The number of rotatable bonds is 7. The first kappa shape index (κ1) is 24.8. The summed E-state index contributed by atoms with van der Waals surface area (Å²) in [5.74, 6) is -0.281. The normalized spacial score (nSPS) is 11.6. The highest BCUT2D eigenvalue weighted by Crippen LogP contribution is 2.38. The Bertz CT molecular complexity index is 1900. The number of H-pyrrole nitrogens is 1. The van der Waals surface area contributed by atoms with Crippen LogP contribution >= 0.6 is 11.3 Å². The van der Waals surface area contributed by atoms with Crippen LogP contribution in [0.25, 0.3) is 33.1 Å². The molecule has 0 atom stereocenters. The second-order valence-electron chi connectivity index (χ2n) is 8.90. The number of fused-ring (bicyclic) bond motifs is 3. The SMILES string of the molecule is CN(c1ccc2[nH]c3ncc(C(=O)NCc4ccccn4)c(-c4ccccc4)c3c2c1)S(=O)(=O)c1cccs1. The van der Waals surface area contributed by atoms with Crippen molar-refractivity contribution in [3.05, 3.63) is 108 Å². The highest BCUT2D eigenvalue weighted by atomic mass is 32.2. The van der Waals surface area contributed by atoms with Gasteiger partial charge in [-0.15, -0.1) is 11.3 Å². The zero-order valence-corrected chi connectivity index (χ0v) is 22.5. The molecule has 0 spiro atoms. The Balaban J connectivity index is 1.50. The number of sulfonamides is 1. The van der Waals surface area contributed by atoms with E-state index in [9.17, 15) is 13.2 Å². The molecule has 0 radical (unpaired) electrons. The minimum Gasteiger partial charge on any atom is -0.346 e. The molecule has 0 fully saturated rings. The first-order valence-corrected chi connectivity index (χ1v) is 14.5. The summed E-state index contributed by atoms with van der Waals surface area (Å²) < 4.78 is 28.0. The molecule has 4 aromatic heterocycles. The molecule has 0 aliphatic rings. The van der Waals surface area contributed by atoms with Crippen molar-refractivity contribution in [2.75, 3.05) is 11.4 Å². The first-order chi connectivity index (χ1) is 18.9. The van der Waals surface area contributed by atoms with Crippen LogP contribution in [0, 0.1) is 0 Å². The summed E-state index contributed by atoms with van der Waals surface area (Å²) in [6.07, 6.45) is 3.26. The Hall–Kier alpha value is -4.54. The van der Waals surface area contributed by atoms with Crippen LogP contribution in [0.3, 0.4) is 0 Å². The van der Waals surface area contributed by atoms with Gasteiger partial charge in [-0.2, -0.15) is 0 Å². The number of amides is 1. The number of thiophene rings is 1. The van der Waals surface area contributed by atoms with Crippen molar-refractivity contribution in [3.8, 4) is 11.1 Å².